The number of nitro groups is 1. The molecule has 0 heterocycles. The predicted molar refractivity (Wildman–Crippen MR) is 82.1 cm³/mol. The molecular weight excluding hydrogens is 325 g/mol. The fraction of sp³-hybridized carbons (Fsp3) is 1.00. The van der Waals surface area contributed by atoms with Crippen LogP contribution in [0.3, 0.4) is 0 Å². The zero-order valence-electron chi connectivity index (χ0n) is 13.5. The van der Waals surface area contributed by atoms with E-state index in [1.807, 2.05) is 0 Å². The predicted octanol–water partition coefficient (Wildman–Crippen LogP) is 1.85. The molecule has 7 nitrogen and oxygen atoms in total. The molecule has 0 saturated heterocycles. The largest absolute Gasteiger partial charge is 0.264 e. The van der Waals surface area contributed by atoms with Crippen LogP contribution in [0.2, 0.25) is 0 Å². The lowest BCUT2D eigenvalue weighted by Gasteiger charge is -1.99. The van der Waals surface area contributed by atoms with Crippen molar-refractivity contribution in [3.63, 3.8) is 0 Å². The molecule has 0 unspecified atom stereocenters. The van der Waals surface area contributed by atoms with Gasteiger partial charge < -0.3 is 0 Å². The molecule has 0 aromatic rings. The van der Waals surface area contributed by atoms with Gasteiger partial charge in [-0.15, -0.1) is 0 Å². The van der Waals surface area contributed by atoms with Crippen molar-refractivity contribution in [3.8, 4) is 0 Å². The van der Waals surface area contributed by atoms with Gasteiger partial charge in [-0.1, -0.05) is 0 Å². The molecule has 0 radical (unpaired) electrons. The second-order valence-corrected chi connectivity index (χ2v) is 10.2. The summed E-state index contributed by atoms with van der Waals surface area (Å²) in [6.45, 7) is 9.31. The van der Waals surface area contributed by atoms with Crippen LogP contribution in [0.25, 0.3) is 0 Å². The molecule has 130 valence electrons. The number of halogens is 1. The molecule has 0 fully saturated rings. The summed E-state index contributed by atoms with van der Waals surface area (Å²) in [6.07, 6.45) is 1.23. The van der Waals surface area contributed by atoms with E-state index in [2.05, 4.69) is 0 Å². The van der Waals surface area contributed by atoms with E-state index >= 15 is 0 Å². The monoisotopic (exact) mass is 351 g/mol. The number of hydrogen-bond donors (Lipinski definition) is 0. The first-order valence-electron chi connectivity index (χ1n) is 6.19. The second kappa shape index (κ2) is 10.9. The van der Waals surface area contributed by atoms with Crippen LogP contribution in [-0.4, -0.2) is 50.6 Å². The Bertz CT molecular complexity index is 483. The summed E-state index contributed by atoms with van der Waals surface area (Å²) in [4.78, 5) is 9.17. The first-order chi connectivity index (χ1) is 9.09. The molecule has 0 aliphatic heterocycles. The minimum atomic E-state index is -3.40. The minimum absolute atomic E-state index is 0.229. The van der Waals surface area contributed by atoms with Gasteiger partial charge in [-0.3, -0.25) is 10.1 Å². The molecular formula is C11H26FNO6S2. The van der Waals surface area contributed by atoms with Gasteiger partial charge in [-0.2, -0.15) is 0 Å². The van der Waals surface area contributed by atoms with Gasteiger partial charge in [0.2, 0.25) is 6.04 Å². The quantitative estimate of drug-likeness (QED) is 0.564. The van der Waals surface area contributed by atoms with Gasteiger partial charge in [-0.05, 0) is 27.7 Å². The Kier molecular flexibility index (Phi) is 13.1. The van der Waals surface area contributed by atoms with Crippen molar-refractivity contribution in [3.05, 3.63) is 10.1 Å². The van der Waals surface area contributed by atoms with Crippen LogP contribution in [-0.2, 0) is 19.7 Å². The van der Waals surface area contributed by atoms with E-state index in [1.165, 1.54) is 20.1 Å². The van der Waals surface area contributed by atoms with E-state index in [0.717, 1.165) is 0 Å². The molecule has 0 bridgehead atoms. The second-order valence-electron chi connectivity index (χ2n) is 5.08. The van der Waals surface area contributed by atoms with Crippen molar-refractivity contribution in [2.24, 2.45) is 0 Å². The van der Waals surface area contributed by atoms with Crippen molar-refractivity contribution in [1.29, 1.82) is 0 Å². The van der Waals surface area contributed by atoms with Gasteiger partial charge in [0.15, 0.2) is 15.8 Å². The van der Waals surface area contributed by atoms with Crippen LogP contribution in [0.1, 0.15) is 41.5 Å². The van der Waals surface area contributed by atoms with Crippen LogP contribution in [0.4, 0.5) is 4.39 Å². The van der Waals surface area contributed by atoms with E-state index in [9.17, 15) is 31.3 Å². The molecule has 0 N–H and O–H groups in total. The highest BCUT2D eigenvalue weighted by Gasteiger charge is 2.13. The summed E-state index contributed by atoms with van der Waals surface area (Å²) in [5.74, 6) is 0. The molecule has 0 rings (SSSR count). The van der Waals surface area contributed by atoms with E-state index in [0.29, 0.717) is 0 Å². The normalized spacial score (nSPS) is 11.6. The van der Waals surface area contributed by atoms with Gasteiger partial charge in [0.25, 0.3) is 0 Å². The Morgan fingerprint density at radius 3 is 1.19 bits per heavy atom. The Labute approximate surface area is 126 Å². The van der Waals surface area contributed by atoms with Crippen LogP contribution < -0.4 is 0 Å². The Balaban J connectivity index is -0.000000234. The first-order valence-corrected chi connectivity index (χ1v) is 9.86. The van der Waals surface area contributed by atoms with Gasteiger partial charge >= 0.3 is 0 Å². The first kappa shape index (κ1) is 25.2. The average Bonchev–Trinajstić information content (AvgIpc) is 2.28. The van der Waals surface area contributed by atoms with Crippen molar-refractivity contribution in [1.82, 2.24) is 0 Å². The lowest BCUT2D eigenvalue weighted by Crippen LogP contribution is -2.14. The van der Waals surface area contributed by atoms with E-state index in [4.69, 9.17) is 0 Å². The Hall–Kier alpha value is -0.770. The summed E-state index contributed by atoms with van der Waals surface area (Å²) in [5.41, 5.74) is 0. The molecule has 21 heavy (non-hydrogen) atoms. The van der Waals surface area contributed by atoms with E-state index < -0.39 is 37.0 Å². The highest BCUT2D eigenvalue weighted by molar-refractivity contribution is 7.91. The SMILES string of the molecule is CC(C)S(=O)(=O)CF.CC(C)S(C)(=O)=O.CC(C)[N+](=O)[O-]. The number of hydrogen-bond acceptors (Lipinski definition) is 6. The van der Waals surface area contributed by atoms with Gasteiger partial charge in [0.1, 0.15) is 9.84 Å². The molecule has 0 spiro atoms. The third kappa shape index (κ3) is 17.2. The summed E-state index contributed by atoms with van der Waals surface area (Å²) in [6, 6.07) is -1.67. The standard InChI is InChI=1S/C4H9FO2S.C4H10O2S.C3H7NO2/c1-4(2)8(6,7)3-5;1-4(2)7(3,5)6;1-3(2)4(5)6/h4H,3H2,1-2H3;4H,1-3H3;3H,1-2H3. The zero-order valence-corrected chi connectivity index (χ0v) is 15.2. The van der Waals surface area contributed by atoms with Crippen molar-refractivity contribution in [2.75, 3.05) is 12.3 Å². The van der Waals surface area contributed by atoms with Gasteiger partial charge in [-0.25, -0.2) is 21.2 Å². The maximum atomic E-state index is 11.4. The third-order valence-electron chi connectivity index (χ3n) is 2.15. The molecule has 0 aromatic carbocycles. The molecule has 10 heteroatoms. The van der Waals surface area contributed by atoms with Gasteiger partial charge in [0, 0.05) is 25.0 Å². The maximum Gasteiger partial charge on any atom is 0.207 e. The topological polar surface area (TPSA) is 111 Å². The van der Waals surface area contributed by atoms with Gasteiger partial charge in [0.05, 0.1) is 10.5 Å². The van der Waals surface area contributed by atoms with Crippen molar-refractivity contribution in [2.45, 2.75) is 58.1 Å². The van der Waals surface area contributed by atoms with E-state index in [-0.39, 0.29) is 10.2 Å². The van der Waals surface area contributed by atoms with Crippen LogP contribution in [0.5, 0.6) is 0 Å². The summed E-state index contributed by atoms with van der Waals surface area (Å²) >= 11 is 0. The fourth-order valence-electron chi connectivity index (χ4n) is 0.126. The Morgan fingerprint density at radius 2 is 1.19 bits per heavy atom. The van der Waals surface area contributed by atoms with Crippen molar-refractivity contribution >= 4 is 19.7 Å². The molecule has 0 saturated carbocycles. The lowest BCUT2D eigenvalue weighted by atomic mass is 10.4. The lowest BCUT2D eigenvalue weighted by molar-refractivity contribution is -0.513. The van der Waals surface area contributed by atoms with Crippen LogP contribution >= 0.6 is 0 Å². The summed E-state index contributed by atoms with van der Waals surface area (Å²) in [5, 5.41) is 8.69. The fourth-order valence-corrected chi connectivity index (χ4v) is 0.378. The molecule has 0 amide bonds. The molecule has 0 aliphatic carbocycles. The molecule has 0 aliphatic rings. The average molecular weight is 351 g/mol. The van der Waals surface area contributed by atoms with Crippen LogP contribution in [0.15, 0.2) is 0 Å². The number of alkyl halides is 1. The summed E-state index contributed by atoms with van der Waals surface area (Å²) < 4.78 is 52.7. The van der Waals surface area contributed by atoms with Crippen LogP contribution in [0, 0.1) is 10.1 Å². The zero-order chi connectivity index (χ0) is 18.0. The number of sulfone groups is 2. The van der Waals surface area contributed by atoms with E-state index in [1.54, 1.807) is 27.7 Å². The highest BCUT2D eigenvalue weighted by atomic mass is 32.2. The smallest absolute Gasteiger partial charge is 0.207 e. The van der Waals surface area contributed by atoms with Crippen molar-refractivity contribution < 1.29 is 26.1 Å². The minimum Gasteiger partial charge on any atom is -0.264 e. The summed E-state index contributed by atoms with van der Waals surface area (Å²) in [7, 11) is -6.14. The Morgan fingerprint density at radius 1 is 0.952 bits per heavy atom. The number of rotatable bonds is 4. The molecule has 0 atom stereocenters. The highest BCUT2D eigenvalue weighted by Crippen LogP contribution is 1.99. The maximum absolute atomic E-state index is 11.4. The molecule has 0 aromatic heterocycles. The number of nitrogens with zero attached hydrogens (tertiary/aromatic N) is 1. The third-order valence-corrected chi connectivity index (χ3v) is 5.60.